The van der Waals surface area contributed by atoms with Crippen molar-refractivity contribution in [3.63, 3.8) is 0 Å². The third kappa shape index (κ3) is 3.38. The summed E-state index contributed by atoms with van der Waals surface area (Å²) < 4.78 is 6.64. The molecule has 1 aromatic heterocycles. The minimum absolute atomic E-state index is 0.200. The summed E-state index contributed by atoms with van der Waals surface area (Å²) >= 11 is 1.68. The van der Waals surface area contributed by atoms with E-state index >= 15 is 0 Å². The molecule has 3 nitrogen and oxygen atoms in total. The highest BCUT2D eigenvalue weighted by molar-refractivity contribution is 7.98. The Kier molecular flexibility index (Phi) is 4.46. The molecule has 0 aliphatic heterocycles. The average Bonchev–Trinajstić information content (AvgIpc) is 2.19. The van der Waals surface area contributed by atoms with E-state index in [0.29, 0.717) is 6.61 Å². The fourth-order valence-electron chi connectivity index (χ4n) is 1.04. The minimum Gasteiger partial charge on any atom is -0.461 e. The predicted octanol–water partition coefficient (Wildman–Crippen LogP) is 1.26. The number of nitrogens with zero attached hydrogens (tertiary/aromatic N) is 1. The Labute approximate surface area is 88.1 Å². The second-order valence-corrected chi connectivity index (χ2v) is 3.59. The second-order valence-electron chi connectivity index (χ2n) is 2.72. The first-order chi connectivity index (χ1) is 6.76. The van der Waals surface area contributed by atoms with Crippen LogP contribution in [0, 0.1) is 0 Å². The Bertz CT molecular complexity index is 297. The van der Waals surface area contributed by atoms with Crippen molar-refractivity contribution in [3.05, 3.63) is 24.5 Å². The first-order valence-corrected chi connectivity index (χ1v) is 5.67. The van der Waals surface area contributed by atoms with Gasteiger partial charge >= 0.3 is 5.97 Å². The van der Waals surface area contributed by atoms with Crippen molar-refractivity contribution < 1.29 is 14.1 Å². The SMILES string of the molecule is CCOC(=O)C[n+]1ccc(SC)cc1. The molecule has 0 bridgehead atoms. The van der Waals surface area contributed by atoms with Crippen molar-refractivity contribution in [1.82, 2.24) is 0 Å². The molecule has 0 aromatic carbocycles. The van der Waals surface area contributed by atoms with E-state index in [1.807, 2.05) is 30.8 Å². The Morgan fingerprint density at radius 2 is 2.14 bits per heavy atom. The molecule has 14 heavy (non-hydrogen) atoms. The zero-order valence-corrected chi connectivity index (χ0v) is 9.21. The van der Waals surface area contributed by atoms with Crippen LogP contribution in [-0.2, 0) is 16.1 Å². The van der Waals surface area contributed by atoms with Crippen molar-refractivity contribution in [1.29, 1.82) is 0 Å². The normalized spacial score (nSPS) is 9.86. The predicted molar refractivity (Wildman–Crippen MR) is 55.1 cm³/mol. The van der Waals surface area contributed by atoms with Gasteiger partial charge in [0.05, 0.1) is 6.61 Å². The highest BCUT2D eigenvalue weighted by atomic mass is 32.2. The van der Waals surface area contributed by atoms with Crippen LogP contribution in [0.15, 0.2) is 29.4 Å². The molecule has 1 heterocycles. The summed E-state index contributed by atoms with van der Waals surface area (Å²) in [5, 5.41) is 0. The number of carbonyl (C=O) groups excluding carboxylic acids is 1. The van der Waals surface area contributed by atoms with E-state index in [1.165, 1.54) is 4.90 Å². The first kappa shape index (κ1) is 11.0. The van der Waals surface area contributed by atoms with Gasteiger partial charge in [-0.05, 0) is 13.2 Å². The topological polar surface area (TPSA) is 30.2 Å². The summed E-state index contributed by atoms with van der Waals surface area (Å²) in [5.74, 6) is -0.200. The molecule has 0 unspecified atom stereocenters. The second kappa shape index (κ2) is 5.65. The molecule has 0 N–H and O–H groups in total. The molecule has 0 saturated carbocycles. The van der Waals surface area contributed by atoms with Crippen LogP contribution < -0.4 is 4.57 Å². The zero-order valence-electron chi connectivity index (χ0n) is 8.40. The maximum absolute atomic E-state index is 11.1. The smallest absolute Gasteiger partial charge is 0.372 e. The molecule has 0 spiro atoms. The van der Waals surface area contributed by atoms with E-state index in [-0.39, 0.29) is 12.5 Å². The quantitative estimate of drug-likeness (QED) is 0.427. The van der Waals surface area contributed by atoms with E-state index in [2.05, 4.69) is 0 Å². The fraction of sp³-hybridized carbons (Fsp3) is 0.400. The van der Waals surface area contributed by atoms with Gasteiger partial charge in [-0.3, -0.25) is 0 Å². The highest BCUT2D eigenvalue weighted by Crippen LogP contribution is 2.10. The van der Waals surface area contributed by atoms with Crippen LogP contribution in [0.5, 0.6) is 0 Å². The zero-order chi connectivity index (χ0) is 10.4. The van der Waals surface area contributed by atoms with Crippen molar-refractivity contribution >= 4 is 17.7 Å². The van der Waals surface area contributed by atoms with E-state index in [9.17, 15) is 4.79 Å². The third-order valence-electron chi connectivity index (χ3n) is 1.71. The van der Waals surface area contributed by atoms with Gasteiger partial charge in [0, 0.05) is 17.0 Å². The van der Waals surface area contributed by atoms with Gasteiger partial charge in [0.1, 0.15) is 0 Å². The molecule has 76 valence electrons. The van der Waals surface area contributed by atoms with E-state index < -0.39 is 0 Å². The van der Waals surface area contributed by atoms with Crippen molar-refractivity contribution in [2.45, 2.75) is 18.4 Å². The van der Waals surface area contributed by atoms with Crippen LogP contribution in [-0.4, -0.2) is 18.8 Å². The van der Waals surface area contributed by atoms with Crippen LogP contribution >= 0.6 is 11.8 Å². The number of rotatable bonds is 4. The molecule has 1 rings (SSSR count). The van der Waals surface area contributed by atoms with Gasteiger partial charge in [-0.15, -0.1) is 11.8 Å². The summed E-state index contributed by atoms with van der Waals surface area (Å²) in [7, 11) is 0. The number of esters is 1. The average molecular weight is 212 g/mol. The fourth-order valence-corrected chi connectivity index (χ4v) is 1.43. The largest absolute Gasteiger partial charge is 0.461 e. The van der Waals surface area contributed by atoms with E-state index in [1.54, 1.807) is 23.3 Å². The summed E-state index contributed by atoms with van der Waals surface area (Å²) in [4.78, 5) is 12.3. The summed E-state index contributed by atoms with van der Waals surface area (Å²) in [6.45, 7) is 2.52. The van der Waals surface area contributed by atoms with Crippen molar-refractivity contribution in [2.75, 3.05) is 12.9 Å². The molecule has 0 atom stereocenters. The Morgan fingerprint density at radius 3 is 2.64 bits per heavy atom. The standard InChI is InChI=1S/C10H14NO2S/c1-3-13-10(12)8-11-6-4-9(14-2)5-7-11/h4-7H,3,8H2,1-2H3/q+1. The van der Waals surface area contributed by atoms with E-state index in [4.69, 9.17) is 4.74 Å². The van der Waals surface area contributed by atoms with Gasteiger partial charge in [-0.1, -0.05) is 0 Å². The molecule has 4 heteroatoms. The first-order valence-electron chi connectivity index (χ1n) is 4.45. The van der Waals surface area contributed by atoms with Gasteiger partial charge in [0.25, 0.3) is 0 Å². The summed E-state index contributed by atoms with van der Waals surface area (Å²) in [5.41, 5.74) is 0. The summed E-state index contributed by atoms with van der Waals surface area (Å²) in [6, 6.07) is 3.95. The molecule has 0 amide bonds. The highest BCUT2D eigenvalue weighted by Gasteiger charge is 2.08. The lowest BCUT2D eigenvalue weighted by Crippen LogP contribution is -2.37. The van der Waals surface area contributed by atoms with Crippen molar-refractivity contribution in [3.8, 4) is 0 Å². The number of hydrogen-bond donors (Lipinski definition) is 0. The number of pyridine rings is 1. The maximum atomic E-state index is 11.1. The van der Waals surface area contributed by atoms with Crippen LogP contribution in [0.1, 0.15) is 6.92 Å². The Morgan fingerprint density at radius 1 is 1.50 bits per heavy atom. The van der Waals surface area contributed by atoms with Crippen LogP contribution in [0.4, 0.5) is 0 Å². The van der Waals surface area contributed by atoms with E-state index in [0.717, 1.165) is 0 Å². The Balaban J connectivity index is 2.55. The lowest BCUT2D eigenvalue weighted by atomic mass is 10.4. The molecule has 0 radical (unpaired) electrons. The minimum atomic E-state index is -0.200. The number of carbonyl (C=O) groups is 1. The summed E-state index contributed by atoms with van der Waals surface area (Å²) in [6.07, 6.45) is 5.77. The monoisotopic (exact) mass is 212 g/mol. The van der Waals surface area contributed by atoms with Gasteiger partial charge in [-0.2, -0.15) is 4.57 Å². The lowest BCUT2D eigenvalue weighted by Gasteiger charge is -1.98. The third-order valence-corrected chi connectivity index (χ3v) is 2.46. The molecular formula is C10H14NO2S+. The number of ether oxygens (including phenoxy) is 1. The molecule has 0 aliphatic carbocycles. The molecule has 1 aromatic rings. The number of hydrogen-bond acceptors (Lipinski definition) is 3. The van der Waals surface area contributed by atoms with Crippen LogP contribution in [0.2, 0.25) is 0 Å². The van der Waals surface area contributed by atoms with Crippen LogP contribution in [0.25, 0.3) is 0 Å². The van der Waals surface area contributed by atoms with Gasteiger partial charge in [0.15, 0.2) is 12.4 Å². The number of thioether (sulfide) groups is 1. The Hall–Kier alpha value is -1.03. The number of aromatic nitrogens is 1. The van der Waals surface area contributed by atoms with Gasteiger partial charge < -0.3 is 4.74 Å². The van der Waals surface area contributed by atoms with Gasteiger partial charge in [0.2, 0.25) is 6.54 Å². The maximum Gasteiger partial charge on any atom is 0.372 e. The van der Waals surface area contributed by atoms with Gasteiger partial charge in [-0.25, -0.2) is 4.79 Å². The molecule has 0 aliphatic rings. The molecule has 0 saturated heterocycles. The molecular weight excluding hydrogens is 198 g/mol. The van der Waals surface area contributed by atoms with Crippen LogP contribution in [0.3, 0.4) is 0 Å². The lowest BCUT2D eigenvalue weighted by molar-refractivity contribution is -0.686. The molecule has 0 fully saturated rings. The van der Waals surface area contributed by atoms with Crippen molar-refractivity contribution in [2.24, 2.45) is 0 Å².